The van der Waals surface area contributed by atoms with E-state index in [9.17, 15) is 9.59 Å². The van der Waals surface area contributed by atoms with Crippen LogP contribution in [-0.2, 0) is 16.0 Å². The van der Waals surface area contributed by atoms with Crippen LogP contribution in [0.1, 0.15) is 15.9 Å². The topological polar surface area (TPSA) is 43.4 Å². The number of rotatable bonds is 4. The first-order chi connectivity index (χ1) is 9.24. The van der Waals surface area contributed by atoms with E-state index in [0.29, 0.717) is 5.56 Å². The highest BCUT2D eigenvalue weighted by Gasteiger charge is 2.09. The van der Waals surface area contributed by atoms with Gasteiger partial charge >= 0.3 is 5.97 Å². The molecule has 2 aromatic carbocycles. The van der Waals surface area contributed by atoms with Gasteiger partial charge in [-0.25, -0.2) is 0 Å². The molecule has 0 atom stereocenters. The molecule has 0 aliphatic rings. The molecule has 0 heterocycles. The van der Waals surface area contributed by atoms with Gasteiger partial charge in [0.25, 0.3) is 0 Å². The minimum absolute atomic E-state index is 0.220. The molecule has 0 N–H and O–H groups in total. The highest BCUT2D eigenvalue weighted by molar-refractivity contribution is 5.81. The van der Waals surface area contributed by atoms with Crippen molar-refractivity contribution in [3.8, 4) is 11.1 Å². The lowest BCUT2D eigenvalue weighted by Crippen LogP contribution is -2.05. The van der Waals surface area contributed by atoms with Gasteiger partial charge in [-0.2, -0.15) is 0 Å². The van der Waals surface area contributed by atoms with Crippen molar-refractivity contribution in [1.29, 1.82) is 0 Å². The summed E-state index contributed by atoms with van der Waals surface area (Å²) >= 11 is 0. The second-order valence-corrected chi connectivity index (χ2v) is 4.15. The molecular formula is C16H14O3. The zero-order valence-electron chi connectivity index (χ0n) is 10.6. The average molecular weight is 254 g/mol. The molecule has 0 saturated carbocycles. The maximum absolute atomic E-state index is 11.4. The number of carbonyl (C=O) groups excluding carboxylic acids is 2. The zero-order chi connectivity index (χ0) is 13.7. The predicted octanol–water partition coefficient (Wildman–Crippen LogP) is 2.88. The van der Waals surface area contributed by atoms with E-state index < -0.39 is 0 Å². The van der Waals surface area contributed by atoms with Crippen LogP contribution in [0.5, 0.6) is 0 Å². The van der Waals surface area contributed by atoms with Gasteiger partial charge in [-0.3, -0.25) is 9.59 Å². The fourth-order valence-electron chi connectivity index (χ4n) is 1.96. The Hall–Kier alpha value is -2.42. The normalized spacial score (nSPS) is 9.95. The molecule has 0 fully saturated rings. The number of benzene rings is 2. The SMILES string of the molecule is COC(=O)Cc1ccccc1-c1cccc(C=O)c1. The molecule has 0 unspecified atom stereocenters. The molecule has 3 nitrogen and oxygen atoms in total. The van der Waals surface area contributed by atoms with Crippen LogP contribution in [0.2, 0.25) is 0 Å². The minimum atomic E-state index is -0.279. The summed E-state index contributed by atoms with van der Waals surface area (Å²) in [6.07, 6.45) is 1.03. The van der Waals surface area contributed by atoms with E-state index >= 15 is 0 Å². The fraction of sp³-hybridized carbons (Fsp3) is 0.125. The van der Waals surface area contributed by atoms with Gasteiger partial charge in [0, 0.05) is 5.56 Å². The number of hydrogen-bond donors (Lipinski definition) is 0. The Kier molecular flexibility index (Phi) is 4.08. The van der Waals surface area contributed by atoms with Crippen LogP contribution in [0, 0.1) is 0 Å². The lowest BCUT2D eigenvalue weighted by Gasteiger charge is -2.09. The van der Waals surface area contributed by atoms with E-state index in [4.69, 9.17) is 4.74 Å². The Morgan fingerprint density at radius 1 is 1.16 bits per heavy atom. The quantitative estimate of drug-likeness (QED) is 0.622. The van der Waals surface area contributed by atoms with Crippen molar-refractivity contribution >= 4 is 12.3 Å². The number of ether oxygens (including phenoxy) is 1. The number of aldehydes is 1. The van der Waals surface area contributed by atoms with Crippen molar-refractivity contribution in [3.63, 3.8) is 0 Å². The smallest absolute Gasteiger partial charge is 0.309 e. The van der Waals surface area contributed by atoms with Crippen LogP contribution in [-0.4, -0.2) is 19.4 Å². The Balaban J connectivity index is 2.43. The average Bonchev–Trinajstić information content (AvgIpc) is 2.47. The van der Waals surface area contributed by atoms with Crippen molar-refractivity contribution in [2.24, 2.45) is 0 Å². The van der Waals surface area contributed by atoms with Gasteiger partial charge in [0.2, 0.25) is 0 Å². The monoisotopic (exact) mass is 254 g/mol. The van der Waals surface area contributed by atoms with Gasteiger partial charge in [0.05, 0.1) is 13.5 Å². The van der Waals surface area contributed by atoms with Crippen molar-refractivity contribution in [3.05, 3.63) is 59.7 Å². The van der Waals surface area contributed by atoms with Crippen LogP contribution in [0.4, 0.5) is 0 Å². The first kappa shape index (κ1) is 13.0. The van der Waals surface area contributed by atoms with Crippen LogP contribution in [0.15, 0.2) is 48.5 Å². The third kappa shape index (κ3) is 3.07. The summed E-state index contributed by atoms with van der Waals surface area (Å²) in [7, 11) is 1.37. The summed E-state index contributed by atoms with van der Waals surface area (Å²) in [5.74, 6) is -0.279. The highest BCUT2D eigenvalue weighted by atomic mass is 16.5. The Morgan fingerprint density at radius 2 is 1.95 bits per heavy atom. The molecule has 3 heteroatoms. The Labute approximate surface area is 111 Å². The van der Waals surface area contributed by atoms with Gasteiger partial charge in [0.1, 0.15) is 6.29 Å². The summed E-state index contributed by atoms with van der Waals surface area (Å²) in [5, 5.41) is 0. The van der Waals surface area contributed by atoms with E-state index in [2.05, 4.69) is 0 Å². The van der Waals surface area contributed by atoms with Crippen molar-refractivity contribution < 1.29 is 14.3 Å². The van der Waals surface area contributed by atoms with E-state index in [1.807, 2.05) is 42.5 Å². The molecule has 0 aromatic heterocycles. The number of hydrogen-bond acceptors (Lipinski definition) is 3. The molecule has 96 valence electrons. The molecule has 0 bridgehead atoms. The van der Waals surface area contributed by atoms with E-state index in [1.54, 1.807) is 6.07 Å². The number of carbonyl (C=O) groups is 2. The first-order valence-corrected chi connectivity index (χ1v) is 5.95. The van der Waals surface area contributed by atoms with E-state index in [-0.39, 0.29) is 12.4 Å². The lowest BCUT2D eigenvalue weighted by atomic mass is 9.96. The third-order valence-corrected chi connectivity index (χ3v) is 2.91. The van der Waals surface area contributed by atoms with Crippen LogP contribution in [0.3, 0.4) is 0 Å². The minimum Gasteiger partial charge on any atom is -0.469 e. The maximum Gasteiger partial charge on any atom is 0.309 e. The summed E-state index contributed by atoms with van der Waals surface area (Å²) < 4.78 is 4.69. The van der Waals surface area contributed by atoms with E-state index in [1.165, 1.54) is 7.11 Å². The largest absolute Gasteiger partial charge is 0.469 e. The van der Waals surface area contributed by atoms with E-state index in [0.717, 1.165) is 23.0 Å². The highest BCUT2D eigenvalue weighted by Crippen LogP contribution is 2.24. The molecule has 2 aromatic rings. The summed E-state index contributed by atoms with van der Waals surface area (Å²) in [6, 6.07) is 14.9. The zero-order valence-corrected chi connectivity index (χ0v) is 10.6. The standard InChI is InChI=1S/C16H14O3/c1-19-16(18)10-14-6-2-3-8-15(14)13-7-4-5-12(9-13)11-17/h2-9,11H,10H2,1H3. The van der Waals surface area contributed by atoms with Crippen molar-refractivity contribution in [1.82, 2.24) is 0 Å². The first-order valence-electron chi connectivity index (χ1n) is 5.95. The van der Waals surface area contributed by atoms with Crippen molar-refractivity contribution in [2.75, 3.05) is 7.11 Å². The van der Waals surface area contributed by atoms with Gasteiger partial charge in [-0.15, -0.1) is 0 Å². The Morgan fingerprint density at radius 3 is 2.68 bits per heavy atom. The predicted molar refractivity (Wildman–Crippen MR) is 73.0 cm³/mol. The molecule has 0 spiro atoms. The second-order valence-electron chi connectivity index (χ2n) is 4.15. The van der Waals surface area contributed by atoms with Crippen LogP contribution < -0.4 is 0 Å². The van der Waals surface area contributed by atoms with Crippen LogP contribution >= 0.6 is 0 Å². The van der Waals surface area contributed by atoms with Gasteiger partial charge in [-0.05, 0) is 22.8 Å². The second kappa shape index (κ2) is 5.96. The van der Waals surface area contributed by atoms with Gasteiger partial charge < -0.3 is 4.74 Å². The molecule has 0 aliphatic carbocycles. The third-order valence-electron chi connectivity index (χ3n) is 2.91. The summed E-state index contributed by atoms with van der Waals surface area (Å²) in [4.78, 5) is 22.2. The van der Waals surface area contributed by atoms with Crippen LogP contribution in [0.25, 0.3) is 11.1 Å². The molecular weight excluding hydrogens is 240 g/mol. The molecule has 0 aliphatic heterocycles. The molecule has 0 amide bonds. The number of esters is 1. The Bertz CT molecular complexity index is 602. The van der Waals surface area contributed by atoms with Gasteiger partial charge in [0.15, 0.2) is 0 Å². The molecule has 19 heavy (non-hydrogen) atoms. The lowest BCUT2D eigenvalue weighted by molar-refractivity contribution is -0.139. The fourth-order valence-corrected chi connectivity index (χ4v) is 1.96. The molecule has 2 rings (SSSR count). The molecule has 0 radical (unpaired) electrons. The maximum atomic E-state index is 11.4. The van der Waals surface area contributed by atoms with Crippen molar-refractivity contribution in [2.45, 2.75) is 6.42 Å². The summed E-state index contributed by atoms with van der Waals surface area (Å²) in [6.45, 7) is 0. The van der Waals surface area contributed by atoms with Gasteiger partial charge in [-0.1, -0.05) is 42.5 Å². The summed E-state index contributed by atoms with van der Waals surface area (Å²) in [5.41, 5.74) is 3.36. The molecule has 0 saturated heterocycles. The number of methoxy groups -OCH3 is 1.